The largest absolute Gasteiger partial charge is 0.449 e. The fraction of sp³-hybridized carbons (Fsp3) is 0.385. The van der Waals surface area contributed by atoms with Crippen LogP contribution in [0.5, 0.6) is 5.75 Å². The Bertz CT molecular complexity index is 446. The van der Waals surface area contributed by atoms with E-state index in [1.54, 1.807) is 18.2 Å². The number of amides is 2. The van der Waals surface area contributed by atoms with Gasteiger partial charge in [-0.2, -0.15) is 0 Å². The molecule has 2 N–H and O–H groups in total. The summed E-state index contributed by atoms with van der Waals surface area (Å²) in [6.45, 7) is 4.25. The second kappa shape index (κ2) is 7.25. The topological polar surface area (TPSA) is 76.7 Å². The monoisotopic (exact) mass is 266 g/mol. The van der Waals surface area contributed by atoms with Crippen molar-refractivity contribution in [3.8, 4) is 5.75 Å². The normalized spacial score (nSPS) is 9.89. The van der Waals surface area contributed by atoms with E-state index in [0.717, 1.165) is 0 Å². The van der Waals surface area contributed by atoms with Gasteiger partial charge < -0.3 is 14.8 Å². The van der Waals surface area contributed by atoms with Crippen LogP contribution in [0.3, 0.4) is 0 Å². The lowest BCUT2D eigenvalue weighted by Crippen LogP contribution is -2.22. The zero-order valence-electron chi connectivity index (χ0n) is 11.2. The van der Waals surface area contributed by atoms with Crippen molar-refractivity contribution >= 4 is 17.9 Å². The molecule has 6 nitrogen and oxygen atoms in total. The molecule has 0 bridgehead atoms. The van der Waals surface area contributed by atoms with Crippen LogP contribution in [0, 0.1) is 5.92 Å². The fourth-order valence-electron chi connectivity index (χ4n) is 1.19. The molecule has 0 aliphatic heterocycles. The quantitative estimate of drug-likeness (QED) is 0.878. The van der Waals surface area contributed by atoms with Crippen molar-refractivity contribution in [1.82, 2.24) is 5.32 Å². The van der Waals surface area contributed by atoms with E-state index >= 15 is 0 Å². The van der Waals surface area contributed by atoms with Gasteiger partial charge in [0.2, 0.25) is 0 Å². The predicted octanol–water partition coefficient (Wildman–Crippen LogP) is 2.61. The summed E-state index contributed by atoms with van der Waals surface area (Å²) >= 11 is 0. The Kier molecular flexibility index (Phi) is 5.66. The van der Waals surface area contributed by atoms with E-state index in [0.29, 0.717) is 18.0 Å². The number of carbonyl (C=O) groups is 2. The lowest BCUT2D eigenvalue weighted by Gasteiger charge is -2.09. The molecule has 6 heteroatoms. The van der Waals surface area contributed by atoms with Crippen LogP contribution in [-0.4, -0.2) is 25.8 Å². The van der Waals surface area contributed by atoms with E-state index in [4.69, 9.17) is 9.47 Å². The first kappa shape index (κ1) is 14.8. The fourth-order valence-corrected chi connectivity index (χ4v) is 1.19. The summed E-state index contributed by atoms with van der Waals surface area (Å²) in [5, 5.41) is 4.89. The highest BCUT2D eigenvalue weighted by Crippen LogP contribution is 2.17. The molecule has 0 unspecified atom stereocenters. The van der Waals surface area contributed by atoms with Crippen molar-refractivity contribution in [3.05, 3.63) is 24.3 Å². The van der Waals surface area contributed by atoms with Crippen molar-refractivity contribution in [2.45, 2.75) is 13.8 Å². The first-order chi connectivity index (χ1) is 9.01. The number of anilines is 1. The second-order valence-electron chi connectivity index (χ2n) is 4.28. The van der Waals surface area contributed by atoms with Crippen LogP contribution in [-0.2, 0) is 4.74 Å². The predicted molar refractivity (Wildman–Crippen MR) is 71.3 cm³/mol. The van der Waals surface area contributed by atoms with Crippen LogP contribution >= 0.6 is 0 Å². The number of rotatable bonds is 4. The molecular weight excluding hydrogens is 248 g/mol. The zero-order valence-corrected chi connectivity index (χ0v) is 11.2. The molecule has 2 amide bonds. The van der Waals surface area contributed by atoms with Gasteiger partial charge in [0.05, 0.1) is 6.61 Å². The Balaban J connectivity index is 2.56. The molecule has 104 valence electrons. The molecule has 0 aliphatic rings. The molecule has 0 heterocycles. The average Bonchev–Trinajstić information content (AvgIpc) is 2.36. The van der Waals surface area contributed by atoms with Crippen LogP contribution in [0.1, 0.15) is 13.8 Å². The summed E-state index contributed by atoms with van der Waals surface area (Å²) in [5.74, 6) is 0.606. The number of benzene rings is 1. The van der Waals surface area contributed by atoms with Gasteiger partial charge in [-0.3, -0.25) is 5.32 Å². The van der Waals surface area contributed by atoms with Crippen molar-refractivity contribution < 1.29 is 19.1 Å². The Hall–Kier alpha value is -2.24. The van der Waals surface area contributed by atoms with Crippen molar-refractivity contribution in [3.63, 3.8) is 0 Å². The SMILES string of the molecule is CNC(=O)Oc1cccc(NC(=O)OCC(C)C)c1. The van der Waals surface area contributed by atoms with E-state index < -0.39 is 12.2 Å². The van der Waals surface area contributed by atoms with Gasteiger partial charge in [-0.15, -0.1) is 0 Å². The van der Waals surface area contributed by atoms with E-state index in [1.807, 2.05) is 13.8 Å². The van der Waals surface area contributed by atoms with Crippen molar-refractivity contribution in [2.24, 2.45) is 5.92 Å². The smallest absolute Gasteiger partial charge is 0.412 e. The highest BCUT2D eigenvalue weighted by atomic mass is 16.6. The van der Waals surface area contributed by atoms with E-state index in [2.05, 4.69) is 10.6 Å². The number of ether oxygens (including phenoxy) is 2. The van der Waals surface area contributed by atoms with Gasteiger partial charge in [0, 0.05) is 18.8 Å². The Morgan fingerprint density at radius 1 is 1.26 bits per heavy atom. The number of nitrogens with one attached hydrogen (secondary N) is 2. The Morgan fingerprint density at radius 3 is 2.63 bits per heavy atom. The second-order valence-corrected chi connectivity index (χ2v) is 4.28. The van der Waals surface area contributed by atoms with Gasteiger partial charge in [-0.05, 0) is 18.1 Å². The maximum Gasteiger partial charge on any atom is 0.412 e. The lowest BCUT2D eigenvalue weighted by molar-refractivity contribution is 0.147. The number of hydrogen-bond donors (Lipinski definition) is 2. The minimum absolute atomic E-state index is 0.272. The Labute approximate surface area is 112 Å². The summed E-state index contributed by atoms with van der Waals surface area (Å²) in [6.07, 6.45) is -1.11. The number of carbonyl (C=O) groups excluding carboxylic acids is 2. The molecule has 19 heavy (non-hydrogen) atoms. The van der Waals surface area contributed by atoms with Crippen molar-refractivity contribution in [2.75, 3.05) is 19.0 Å². The van der Waals surface area contributed by atoms with Crippen LogP contribution in [0.25, 0.3) is 0 Å². The summed E-state index contributed by atoms with van der Waals surface area (Å²) in [5.41, 5.74) is 0.496. The molecule has 0 spiro atoms. The molecule has 0 saturated carbocycles. The van der Waals surface area contributed by atoms with E-state index in [1.165, 1.54) is 13.1 Å². The van der Waals surface area contributed by atoms with Gasteiger partial charge in [-0.25, -0.2) is 9.59 Å². The lowest BCUT2D eigenvalue weighted by atomic mass is 10.2. The van der Waals surface area contributed by atoms with Gasteiger partial charge in [0.1, 0.15) is 5.75 Å². The molecule has 1 rings (SSSR count). The van der Waals surface area contributed by atoms with E-state index in [9.17, 15) is 9.59 Å². The van der Waals surface area contributed by atoms with Crippen LogP contribution in [0.15, 0.2) is 24.3 Å². The molecule has 1 aromatic rings. The summed E-state index contributed by atoms with van der Waals surface area (Å²) in [7, 11) is 1.47. The van der Waals surface area contributed by atoms with Crippen molar-refractivity contribution in [1.29, 1.82) is 0 Å². The minimum atomic E-state index is -0.570. The molecule has 0 saturated heterocycles. The van der Waals surface area contributed by atoms with E-state index in [-0.39, 0.29) is 5.92 Å². The first-order valence-corrected chi connectivity index (χ1v) is 5.94. The summed E-state index contributed by atoms with van der Waals surface area (Å²) < 4.78 is 9.92. The van der Waals surface area contributed by atoms with Gasteiger partial charge in [0.15, 0.2) is 0 Å². The maximum absolute atomic E-state index is 11.5. The minimum Gasteiger partial charge on any atom is -0.449 e. The standard InChI is InChI=1S/C13H18N2O4/c1-9(2)8-18-13(17)15-10-5-4-6-11(7-10)19-12(16)14-3/h4-7,9H,8H2,1-3H3,(H,14,16)(H,15,17). The number of hydrogen-bond acceptors (Lipinski definition) is 4. The molecule has 1 aromatic carbocycles. The Morgan fingerprint density at radius 2 is 2.00 bits per heavy atom. The van der Waals surface area contributed by atoms with Gasteiger partial charge in [-0.1, -0.05) is 19.9 Å². The third-order valence-electron chi connectivity index (χ3n) is 2.04. The molecule has 0 fully saturated rings. The zero-order chi connectivity index (χ0) is 14.3. The summed E-state index contributed by atoms with van der Waals surface area (Å²) in [6, 6.07) is 6.48. The molecule has 0 radical (unpaired) electrons. The molecular formula is C13H18N2O4. The molecule has 0 aliphatic carbocycles. The third-order valence-corrected chi connectivity index (χ3v) is 2.04. The first-order valence-electron chi connectivity index (χ1n) is 5.94. The van der Waals surface area contributed by atoms with Crippen LogP contribution < -0.4 is 15.4 Å². The highest BCUT2D eigenvalue weighted by Gasteiger charge is 2.06. The highest BCUT2D eigenvalue weighted by molar-refractivity contribution is 5.85. The average molecular weight is 266 g/mol. The molecule has 0 atom stereocenters. The summed E-state index contributed by atoms with van der Waals surface area (Å²) in [4.78, 5) is 22.5. The van der Waals surface area contributed by atoms with Gasteiger partial charge >= 0.3 is 12.2 Å². The van der Waals surface area contributed by atoms with Crippen LogP contribution in [0.4, 0.5) is 15.3 Å². The van der Waals surface area contributed by atoms with Crippen LogP contribution in [0.2, 0.25) is 0 Å². The van der Waals surface area contributed by atoms with Gasteiger partial charge in [0.25, 0.3) is 0 Å². The molecule has 0 aromatic heterocycles. The third kappa shape index (κ3) is 5.76. The maximum atomic E-state index is 11.5.